The molecule has 0 aromatic heterocycles. The van der Waals surface area contributed by atoms with Crippen LogP contribution in [0, 0.1) is 0 Å². The van der Waals surface area contributed by atoms with Crippen molar-refractivity contribution in [3.63, 3.8) is 0 Å². The van der Waals surface area contributed by atoms with Crippen molar-refractivity contribution in [2.75, 3.05) is 0 Å². The Morgan fingerprint density at radius 3 is 2.12 bits per heavy atom. The third kappa shape index (κ3) is 4.17. The summed E-state index contributed by atoms with van der Waals surface area (Å²) in [5.41, 5.74) is 0.459. The quantitative estimate of drug-likeness (QED) is 0.385. The second-order valence-electron chi connectivity index (χ2n) is 4.45. The van der Waals surface area contributed by atoms with E-state index in [4.69, 9.17) is 0 Å². The molecule has 1 aromatic carbocycles. The number of benzene rings is 1. The summed E-state index contributed by atoms with van der Waals surface area (Å²) >= 11 is 0. The van der Waals surface area contributed by atoms with Gasteiger partial charge in [-0.3, -0.25) is 0 Å². The summed E-state index contributed by atoms with van der Waals surface area (Å²) in [6, 6.07) is 2.72. The molecule has 0 amide bonds. The lowest BCUT2D eigenvalue weighted by Gasteiger charge is -2.08. The monoisotopic (exact) mass is 238 g/mol. The standard InChI is InChI=1S/C14H22O3/c1-2-3-4-5-6-7-8-11-12(15)9-10-13(16)14(11)17/h9-10,15-17H,2-8H2,1H3. The van der Waals surface area contributed by atoms with Crippen LogP contribution >= 0.6 is 0 Å². The summed E-state index contributed by atoms with van der Waals surface area (Å²) in [7, 11) is 0. The van der Waals surface area contributed by atoms with Crippen LogP contribution in [-0.4, -0.2) is 15.3 Å². The molecule has 3 heteroatoms. The number of hydrogen-bond donors (Lipinski definition) is 3. The zero-order chi connectivity index (χ0) is 12.7. The van der Waals surface area contributed by atoms with Gasteiger partial charge in [-0.15, -0.1) is 0 Å². The molecule has 0 saturated heterocycles. The van der Waals surface area contributed by atoms with E-state index in [2.05, 4.69) is 6.92 Å². The van der Waals surface area contributed by atoms with Crippen LogP contribution < -0.4 is 0 Å². The Morgan fingerprint density at radius 1 is 0.824 bits per heavy atom. The van der Waals surface area contributed by atoms with Gasteiger partial charge in [0.25, 0.3) is 0 Å². The first-order valence-corrected chi connectivity index (χ1v) is 6.39. The first-order chi connectivity index (χ1) is 8.16. The highest BCUT2D eigenvalue weighted by Gasteiger charge is 2.10. The third-order valence-electron chi connectivity index (χ3n) is 3.02. The molecule has 0 saturated carbocycles. The minimum Gasteiger partial charge on any atom is -0.508 e. The highest BCUT2D eigenvalue weighted by molar-refractivity contribution is 5.51. The molecule has 0 unspecified atom stereocenters. The smallest absolute Gasteiger partial charge is 0.164 e. The van der Waals surface area contributed by atoms with Crippen molar-refractivity contribution >= 4 is 0 Å². The second-order valence-corrected chi connectivity index (χ2v) is 4.45. The van der Waals surface area contributed by atoms with E-state index in [1.807, 2.05) is 0 Å². The van der Waals surface area contributed by atoms with Gasteiger partial charge in [0.2, 0.25) is 0 Å². The summed E-state index contributed by atoms with van der Waals surface area (Å²) in [6.45, 7) is 2.18. The van der Waals surface area contributed by atoms with Crippen LogP contribution in [0.1, 0.15) is 51.0 Å². The largest absolute Gasteiger partial charge is 0.508 e. The molecule has 0 aliphatic carbocycles. The Kier molecular flexibility index (Phi) is 5.67. The molecule has 0 spiro atoms. The molecule has 0 aliphatic heterocycles. The van der Waals surface area contributed by atoms with Crippen molar-refractivity contribution < 1.29 is 15.3 Å². The number of rotatable bonds is 7. The highest BCUT2D eigenvalue weighted by Crippen LogP contribution is 2.35. The second kappa shape index (κ2) is 7.05. The first-order valence-electron chi connectivity index (χ1n) is 6.39. The van der Waals surface area contributed by atoms with Gasteiger partial charge in [0, 0.05) is 5.56 Å². The molecule has 1 rings (SSSR count). The van der Waals surface area contributed by atoms with Crippen LogP contribution in [0.5, 0.6) is 17.2 Å². The molecule has 1 aromatic rings. The molecule has 0 aliphatic rings. The van der Waals surface area contributed by atoms with E-state index in [1.165, 1.54) is 37.8 Å². The Hall–Kier alpha value is -1.38. The Bertz CT molecular complexity index is 348. The van der Waals surface area contributed by atoms with Crippen LogP contribution in [0.4, 0.5) is 0 Å². The minimum atomic E-state index is -0.182. The predicted molar refractivity (Wildman–Crippen MR) is 68.5 cm³/mol. The fraction of sp³-hybridized carbons (Fsp3) is 0.571. The molecule has 3 N–H and O–H groups in total. The van der Waals surface area contributed by atoms with E-state index in [9.17, 15) is 15.3 Å². The van der Waals surface area contributed by atoms with E-state index in [0.717, 1.165) is 12.8 Å². The van der Waals surface area contributed by atoms with E-state index in [0.29, 0.717) is 12.0 Å². The van der Waals surface area contributed by atoms with Crippen LogP contribution in [-0.2, 0) is 6.42 Å². The van der Waals surface area contributed by atoms with Crippen LogP contribution in [0.15, 0.2) is 12.1 Å². The molecule has 17 heavy (non-hydrogen) atoms. The lowest BCUT2D eigenvalue weighted by Crippen LogP contribution is -1.89. The van der Waals surface area contributed by atoms with E-state index in [-0.39, 0.29) is 17.2 Å². The van der Waals surface area contributed by atoms with Crippen molar-refractivity contribution in [2.24, 2.45) is 0 Å². The van der Waals surface area contributed by atoms with Crippen LogP contribution in [0.2, 0.25) is 0 Å². The molecule has 0 bridgehead atoms. The maximum atomic E-state index is 9.61. The Morgan fingerprint density at radius 2 is 1.41 bits per heavy atom. The van der Waals surface area contributed by atoms with Crippen molar-refractivity contribution in [1.29, 1.82) is 0 Å². The molecule has 0 fully saturated rings. The summed E-state index contributed by atoms with van der Waals surface area (Å²) in [4.78, 5) is 0. The predicted octanol–water partition coefficient (Wildman–Crippen LogP) is 3.71. The average Bonchev–Trinajstić information content (AvgIpc) is 2.32. The van der Waals surface area contributed by atoms with Crippen molar-refractivity contribution in [1.82, 2.24) is 0 Å². The normalized spacial score (nSPS) is 10.6. The van der Waals surface area contributed by atoms with Crippen LogP contribution in [0.3, 0.4) is 0 Å². The lowest BCUT2D eigenvalue weighted by atomic mass is 10.0. The number of hydrogen-bond acceptors (Lipinski definition) is 3. The molecule has 3 nitrogen and oxygen atoms in total. The van der Waals surface area contributed by atoms with Crippen LogP contribution in [0.25, 0.3) is 0 Å². The van der Waals surface area contributed by atoms with Gasteiger partial charge in [-0.1, -0.05) is 39.0 Å². The Labute approximate surface area is 103 Å². The third-order valence-corrected chi connectivity index (χ3v) is 3.02. The SMILES string of the molecule is CCCCCCCCc1c(O)ccc(O)c1O. The summed E-state index contributed by atoms with van der Waals surface area (Å²) < 4.78 is 0. The number of phenols is 3. The Balaban J connectivity index is 2.39. The molecular formula is C14H22O3. The van der Waals surface area contributed by atoms with Gasteiger partial charge in [-0.25, -0.2) is 0 Å². The van der Waals surface area contributed by atoms with Gasteiger partial charge < -0.3 is 15.3 Å². The fourth-order valence-corrected chi connectivity index (χ4v) is 1.94. The topological polar surface area (TPSA) is 60.7 Å². The fourth-order valence-electron chi connectivity index (χ4n) is 1.94. The van der Waals surface area contributed by atoms with Crippen molar-refractivity contribution in [2.45, 2.75) is 51.9 Å². The average molecular weight is 238 g/mol. The van der Waals surface area contributed by atoms with Gasteiger partial charge in [0.05, 0.1) is 0 Å². The van der Waals surface area contributed by atoms with E-state index < -0.39 is 0 Å². The lowest BCUT2D eigenvalue weighted by molar-refractivity contribution is 0.388. The van der Waals surface area contributed by atoms with Gasteiger partial charge in [-0.2, -0.15) is 0 Å². The maximum absolute atomic E-state index is 9.61. The molecular weight excluding hydrogens is 216 g/mol. The molecule has 96 valence electrons. The van der Waals surface area contributed by atoms with Gasteiger partial charge in [0.1, 0.15) is 5.75 Å². The molecule has 0 radical (unpaired) electrons. The maximum Gasteiger partial charge on any atom is 0.164 e. The number of phenolic OH excluding ortho intramolecular Hbond substituents is 3. The van der Waals surface area contributed by atoms with Gasteiger partial charge in [-0.05, 0) is 25.0 Å². The summed E-state index contributed by atoms with van der Waals surface area (Å²) in [6.07, 6.45) is 7.56. The zero-order valence-corrected chi connectivity index (χ0v) is 10.4. The number of unbranched alkanes of at least 4 members (excludes halogenated alkanes) is 5. The van der Waals surface area contributed by atoms with E-state index >= 15 is 0 Å². The zero-order valence-electron chi connectivity index (χ0n) is 10.4. The molecule has 0 heterocycles. The molecule has 0 atom stereocenters. The summed E-state index contributed by atoms with van der Waals surface area (Å²) in [5, 5.41) is 28.5. The van der Waals surface area contributed by atoms with Crippen molar-refractivity contribution in [3.05, 3.63) is 17.7 Å². The van der Waals surface area contributed by atoms with E-state index in [1.54, 1.807) is 0 Å². The van der Waals surface area contributed by atoms with Gasteiger partial charge >= 0.3 is 0 Å². The number of aromatic hydroxyl groups is 3. The van der Waals surface area contributed by atoms with Gasteiger partial charge in [0.15, 0.2) is 11.5 Å². The summed E-state index contributed by atoms with van der Waals surface area (Å²) in [5.74, 6) is -0.281. The minimum absolute atomic E-state index is 0.0638. The highest BCUT2D eigenvalue weighted by atomic mass is 16.3. The van der Waals surface area contributed by atoms with Crippen molar-refractivity contribution in [3.8, 4) is 17.2 Å². The first kappa shape index (κ1) is 13.7.